The minimum atomic E-state index is -0.826. The van der Waals surface area contributed by atoms with Crippen molar-refractivity contribution in [3.05, 3.63) is 136 Å². The van der Waals surface area contributed by atoms with Gasteiger partial charge in [0.1, 0.15) is 12.2 Å². The predicted molar refractivity (Wildman–Crippen MR) is 160 cm³/mol. The third-order valence-corrected chi connectivity index (χ3v) is 7.69. The molecule has 218 valence electrons. The van der Waals surface area contributed by atoms with Crippen molar-refractivity contribution in [1.82, 2.24) is 0 Å². The van der Waals surface area contributed by atoms with Gasteiger partial charge in [0, 0.05) is 11.4 Å². The van der Waals surface area contributed by atoms with E-state index in [4.69, 9.17) is 30.5 Å². The third kappa shape index (κ3) is 7.64. The number of ether oxygens (including phenoxy) is 4. The number of hydrogen-bond donors (Lipinski definition) is 0. The quantitative estimate of drug-likeness (QED) is 0.159. The van der Waals surface area contributed by atoms with Gasteiger partial charge in [0.05, 0.1) is 32.0 Å². The maximum atomic E-state index is 14.5. The van der Waals surface area contributed by atoms with Gasteiger partial charge in [0.25, 0.3) is 0 Å². The van der Waals surface area contributed by atoms with Crippen LogP contribution in [0.4, 0.5) is 4.39 Å². The van der Waals surface area contributed by atoms with Crippen molar-refractivity contribution >= 4 is 17.9 Å². The zero-order chi connectivity index (χ0) is 29.3. The summed E-state index contributed by atoms with van der Waals surface area (Å²) in [5.41, 5.74) is 4.49. The first-order chi connectivity index (χ1) is 20.5. The molecule has 0 bridgehead atoms. The zero-order valence-corrected chi connectivity index (χ0v) is 24.2. The minimum Gasteiger partial charge on any atom is -0.491 e. The summed E-state index contributed by atoms with van der Waals surface area (Å²) in [6, 6.07) is 30.3. The van der Waals surface area contributed by atoms with Crippen molar-refractivity contribution in [3.63, 3.8) is 0 Å². The Hall–Kier alpha value is -3.55. The maximum Gasteiger partial charge on any atom is 0.165 e. The van der Waals surface area contributed by atoms with E-state index in [1.807, 2.05) is 91.9 Å². The van der Waals surface area contributed by atoms with Crippen LogP contribution in [0.1, 0.15) is 47.3 Å². The molecule has 1 aliphatic rings. The van der Waals surface area contributed by atoms with Crippen LogP contribution < -0.4 is 4.74 Å². The molecule has 0 aromatic heterocycles. The molecule has 0 amide bonds. The van der Waals surface area contributed by atoms with Crippen LogP contribution in [0.3, 0.4) is 0 Å². The van der Waals surface area contributed by atoms with Gasteiger partial charge in [-0.15, -0.1) is 0 Å². The summed E-state index contributed by atoms with van der Waals surface area (Å²) in [5, 5.41) is 0.566. The Kier molecular flexibility index (Phi) is 10.4. The van der Waals surface area contributed by atoms with Crippen molar-refractivity contribution in [1.29, 1.82) is 0 Å². The Morgan fingerprint density at radius 1 is 0.881 bits per heavy atom. The molecule has 0 saturated carbocycles. The van der Waals surface area contributed by atoms with Crippen LogP contribution >= 0.6 is 11.6 Å². The molecule has 0 radical (unpaired) electrons. The fraction of sp³-hybridized carbons (Fsp3) is 0.286. The fourth-order valence-corrected chi connectivity index (χ4v) is 5.37. The van der Waals surface area contributed by atoms with Crippen molar-refractivity contribution < 1.29 is 28.1 Å². The van der Waals surface area contributed by atoms with Gasteiger partial charge < -0.3 is 23.7 Å². The van der Waals surface area contributed by atoms with Crippen LogP contribution in [0, 0.1) is 5.82 Å². The topological polar surface area (TPSA) is 54.0 Å². The highest BCUT2D eigenvalue weighted by Gasteiger charge is 2.41. The Bertz CT molecular complexity index is 1450. The lowest BCUT2D eigenvalue weighted by atomic mass is 9.92. The van der Waals surface area contributed by atoms with Crippen molar-refractivity contribution in [2.45, 2.75) is 57.4 Å². The summed E-state index contributed by atoms with van der Waals surface area (Å²) in [6.45, 7) is 2.92. The molecule has 4 aromatic rings. The second-order valence-corrected chi connectivity index (χ2v) is 10.7. The molecular weight excluding hydrogens is 555 g/mol. The van der Waals surface area contributed by atoms with Crippen LogP contribution in [-0.4, -0.2) is 31.2 Å². The first kappa shape index (κ1) is 29.9. The monoisotopic (exact) mass is 588 g/mol. The summed E-state index contributed by atoms with van der Waals surface area (Å²) in [6.07, 6.45) is -0.534. The fourth-order valence-electron chi connectivity index (χ4n) is 5.19. The van der Waals surface area contributed by atoms with Gasteiger partial charge in [-0.2, -0.15) is 0 Å². The number of carbonyl (C=O) groups excluding carboxylic acids is 1. The van der Waals surface area contributed by atoms with Crippen molar-refractivity contribution in [2.24, 2.45) is 0 Å². The first-order valence-electron chi connectivity index (χ1n) is 14.2. The first-order valence-corrected chi connectivity index (χ1v) is 14.5. The van der Waals surface area contributed by atoms with E-state index in [-0.39, 0.29) is 5.75 Å². The van der Waals surface area contributed by atoms with Crippen molar-refractivity contribution in [2.75, 3.05) is 6.61 Å². The molecule has 3 unspecified atom stereocenters. The number of rotatable bonds is 12. The molecule has 0 aliphatic carbocycles. The Morgan fingerprint density at radius 3 is 2.21 bits per heavy atom. The van der Waals surface area contributed by atoms with Gasteiger partial charge in [-0.05, 0) is 59.4 Å². The Morgan fingerprint density at radius 2 is 1.57 bits per heavy atom. The second-order valence-electron chi connectivity index (χ2n) is 10.3. The Labute approximate surface area is 251 Å². The molecule has 42 heavy (non-hydrogen) atoms. The molecule has 0 spiro atoms. The molecule has 1 saturated heterocycles. The minimum absolute atomic E-state index is 0.224. The van der Waals surface area contributed by atoms with Gasteiger partial charge >= 0.3 is 0 Å². The molecule has 0 N–H and O–H groups in total. The number of hydrogen-bond acceptors (Lipinski definition) is 5. The van der Waals surface area contributed by atoms with Crippen molar-refractivity contribution in [3.8, 4) is 5.75 Å². The Balaban J connectivity index is 1.36. The zero-order valence-electron chi connectivity index (χ0n) is 23.5. The molecule has 5 nitrogen and oxygen atoms in total. The van der Waals surface area contributed by atoms with E-state index < -0.39 is 30.2 Å². The van der Waals surface area contributed by atoms with Crippen LogP contribution in [-0.2, 0) is 38.6 Å². The molecule has 1 fully saturated rings. The summed E-state index contributed by atoms with van der Waals surface area (Å²) in [7, 11) is 0. The van der Waals surface area contributed by atoms with E-state index in [1.165, 1.54) is 6.07 Å². The predicted octanol–water partition coefficient (Wildman–Crippen LogP) is 7.67. The molecule has 4 aromatic carbocycles. The lowest BCUT2D eigenvalue weighted by molar-refractivity contribution is -0.204. The lowest BCUT2D eigenvalue weighted by Gasteiger charge is -2.40. The number of carbonyl (C=O) groups is 1. The smallest absolute Gasteiger partial charge is 0.165 e. The summed E-state index contributed by atoms with van der Waals surface area (Å²) in [5.74, 6) is -0.187. The van der Waals surface area contributed by atoms with Gasteiger partial charge in [0.2, 0.25) is 0 Å². The summed E-state index contributed by atoms with van der Waals surface area (Å²) < 4.78 is 38.8. The standard InChI is InChI=1S/C35H34ClFO5/c1-2-39-31-16-13-26(18-30(31)37)17-28-19-27(14-15-29(28)36)32-20-33(40-22-24-9-5-3-6-10-24)35(34(21-38)42-32)41-23-25-11-7-4-8-12-25/h3-16,18-19,21,32-35H,2,17,20,22-23H2,1H3/t32?,33?,34?,35-/m0/s1. The molecule has 5 rings (SSSR count). The van der Waals surface area contributed by atoms with E-state index in [9.17, 15) is 9.18 Å². The third-order valence-electron chi connectivity index (χ3n) is 7.32. The highest BCUT2D eigenvalue weighted by atomic mass is 35.5. The largest absolute Gasteiger partial charge is 0.491 e. The van der Waals surface area contributed by atoms with Gasteiger partial charge in [-0.3, -0.25) is 0 Å². The SMILES string of the molecule is CCOc1ccc(Cc2cc(C3CC(OCc4ccccc4)[C@H](OCc4ccccc4)C(C=O)O3)ccc2Cl)cc1F. The van der Waals surface area contributed by atoms with Gasteiger partial charge in [0.15, 0.2) is 17.9 Å². The maximum absolute atomic E-state index is 14.5. The van der Waals surface area contributed by atoms with E-state index in [0.29, 0.717) is 37.7 Å². The summed E-state index contributed by atoms with van der Waals surface area (Å²) in [4.78, 5) is 12.3. The highest BCUT2D eigenvalue weighted by molar-refractivity contribution is 6.31. The average molecular weight is 589 g/mol. The molecular formula is C35H34ClFO5. The van der Waals surface area contributed by atoms with Gasteiger partial charge in [-0.1, -0.05) is 90.5 Å². The van der Waals surface area contributed by atoms with Crippen LogP contribution in [0.25, 0.3) is 0 Å². The van der Waals surface area contributed by atoms with Crippen LogP contribution in [0.2, 0.25) is 5.02 Å². The number of halogens is 2. The van der Waals surface area contributed by atoms with Crippen LogP contribution in [0.15, 0.2) is 97.1 Å². The van der Waals surface area contributed by atoms with Crippen LogP contribution in [0.5, 0.6) is 5.75 Å². The second kappa shape index (κ2) is 14.6. The number of benzene rings is 4. The number of aldehydes is 1. The lowest BCUT2D eigenvalue weighted by Crippen LogP contribution is -2.49. The van der Waals surface area contributed by atoms with E-state index in [0.717, 1.165) is 34.1 Å². The van der Waals surface area contributed by atoms with E-state index in [1.54, 1.807) is 6.07 Å². The highest BCUT2D eigenvalue weighted by Crippen LogP contribution is 2.37. The van der Waals surface area contributed by atoms with E-state index in [2.05, 4.69) is 0 Å². The summed E-state index contributed by atoms with van der Waals surface area (Å²) >= 11 is 6.57. The average Bonchev–Trinajstić information content (AvgIpc) is 3.02. The molecule has 1 aliphatic heterocycles. The normalized spacial score (nSPS) is 20.3. The van der Waals surface area contributed by atoms with E-state index >= 15 is 0 Å². The molecule has 7 heteroatoms. The van der Waals surface area contributed by atoms with Gasteiger partial charge in [-0.25, -0.2) is 4.39 Å². The molecule has 4 atom stereocenters. The molecule has 1 heterocycles.